The molecule has 4 aromatic rings. The summed E-state index contributed by atoms with van der Waals surface area (Å²) in [5.74, 6) is 0. The summed E-state index contributed by atoms with van der Waals surface area (Å²) in [7, 11) is 0. The van der Waals surface area contributed by atoms with Crippen molar-refractivity contribution in [2.45, 2.75) is 39.2 Å². The largest absolute Gasteiger partial charge is 0.121 e. The van der Waals surface area contributed by atoms with Crippen LogP contribution in [0.4, 0.5) is 0 Å². The van der Waals surface area contributed by atoms with E-state index in [2.05, 4.69) is 110 Å². The van der Waals surface area contributed by atoms with E-state index in [1.54, 1.807) is 0 Å². The summed E-state index contributed by atoms with van der Waals surface area (Å²) < 4.78 is 9.79. The van der Waals surface area contributed by atoms with Gasteiger partial charge in [-0.25, -0.2) is 0 Å². The molecular weight excluding hydrogens is 841 g/mol. The fourth-order valence-electron chi connectivity index (χ4n) is 6.04. The first-order chi connectivity index (χ1) is 24.7. The van der Waals surface area contributed by atoms with E-state index >= 15 is 0 Å². The van der Waals surface area contributed by atoms with Crippen LogP contribution in [0.25, 0.3) is 0 Å². The summed E-state index contributed by atoms with van der Waals surface area (Å²) in [6, 6.07) is 35.8. The van der Waals surface area contributed by atoms with Crippen LogP contribution in [-0.4, -0.2) is 12.5 Å². The van der Waals surface area contributed by atoms with Gasteiger partial charge in [0, 0.05) is 67.0 Å². The van der Waals surface area contributed by atoms with Gasteiger partial charge < -0.3 is 0 Å². The van der Waals surface area contributed by atoms with Gasteiger partial charge in [-0.1, -0.05) is 166 Å². The van der Waals surface area contributed by atoms with E-state index in [0.717, 1.165) is 0 Å². The Hall–Kier alpha value is -0.480. The van der Waals surface area contributed by atoms with Gasteiger partial charge in [0.25, 0.3) is 0 Å². The number of rotatable bonds is 2. The van der Waals surface area contributed by atoms with Crippen molar-refractivity contribution >= 4 is 141 Å². The van der Waals surface area contributed by atoms with Crippen LogP contribution in [0, 0.1) is 0 Å². The van der Waals surface area contributed by atoms with E-state index in [0.29, 0.717) is 0 Å². The van der Waals surface area contributed by atoms with Crippen molar-refractivity contribution in [3.63, 3.8) is 0 Å². The molecule has 0 saturated heterocycles. The molecule has 5 aliphatic heterocycles. The van der Waals surface area contributed by atoms with Crippen LogP contribution >= 0.6 is 141 Å². The molecule has 1 aliphatic carbocycles. The molecule has 12 heteroatoms. The Kier molecular flexibility index (Phi) is 9.74. The molecule has 5 heterocycles. The van der Waals surface area contributed by atoms with Gasteiger partial charge in [-0.05, 0) is 61.0 Å². The van der Waals surface area contributed by atoms with Crippen molar-refractivity contribution < 1.29 is 0 Å². The van der Waals surface area contributed by atoms with E-state index in [1.165, 1.54) is 96.7 Å². The van der Waals surface area contributed by atoms with Gasteiger partial charge in [-0.2, -0.15) is 0 Å². The Morgan fingerprint density at radius 1 is 0.280 bits per heavy atom. The Morgan fingerprint density at radius 2 is 0.460 bits per heavy atom. The van der Waals surface area contributed by atoms with Gasteiger partial charge in [0.05, 0.1) is 29.7 Å². The highest BCUT2D eigenvalue weighted by atomic mass is 32.3. The monoisotopic (exact) mass is 862 g/mol. The van der Waals surface area contributed by atoms with Gasteiger partial charge in [0.2, 0.25) is 0 Å². The first-order valence-corrected chi connectivity index (χ1v) is 26.0. The fourth-order valence-corrected chi connectivity index (χ4v) is 21.5. The van der Waals surface area contributed by atoms with Crippen LogP contribution in [0.3, 0.4) is 0 Å². The molecule has 0 spiro atoms. The van der Waals surface area contributed by atoms with Crippen LogP contribution in [0.2, 0.25) is 0 Å². The van der Waals surface area contributed by atoms with Crippen LogP contribution in [-0.2, 0) is 0 Å². The quantitative estimate of drug-likeness (QED) is 0.188. The Labute approximate surface area is 343 Å². The molecule has 1 saturated carbocycles. The van der Waals surface area contributed by atoms with Crippen molar-refractivity contribution in [2.24, 2.45) is 0 Å². The molecule has 0 radical (unpaired) electrons. The van der Waals surface area contributed by atoms with Gasteiger partial charge in [0.1, 0.15) is 0 Å². The molecular formula is C38H22S12. The smallest absolute Gasteiger partial charge is 0.0657 e. The number of thioether (sulfide) groups is 12. The Morgan fingerprint density at radius 3 is 0.640 bits per heavy atom. The Bertz CT molecular complexity index is 2090. The minimum Gasteiger partial charge on any atom is -0.121 e. The molecule has 0 amide bonds. The summed E-state index contributed by atoms with van der Waals surface area (Å²) >= 11 is 23.4. The molecule has 0 atom stereocenters. The maximum atomic E-state index is 2.29. The second-order valence-electron chi connectivity index (χ2n) is 11.1. The number of hydrogen-bond donors (Lipinski definition) is 0. The molecule has 0 nitrogen and oxygen atoms in total. The van der Waals surface area contributed by atoms with Crippen molar-refractivity contribution in [3.8, 4) is 0 Å². The van der Waals surface area contributed by atoms with E-state index in [-0.39, 0.29) is 0 Å². The van der Waals surface area contributed by atoms with Crippen molar-refractivity contribution in [1.29, 1.82) is 0 Å². The average molecular weight is 863 g/mol. The lowest BCUT2D eigenvalue weighted by Crippen LogP contribution is -1.91. The third-order valence-corrected chi connectivity index (χ3v) is 23.7. The van der Waals surface area contributed by atoms with Crippen LogP contribution in [0.1, 0.15) is 0 Å². The lowest BCUT2D eigenvalue weighted by atomic mass is 10.1. The van der Waals surface area contributed by atoms with E-state index in [9.17, 15) is 0 Å². The highest BCUT2D eigenvalue weighted by Crippen LogP contribution is 2.71. The third-order valence-electron chi connectivity index (χ3n) is 8.20. The van der Waals surface area contributed by atoms with Crippen molar-refractivity contribution in [2.75, 3.05) is 12.5 Å². The molecule has 6 aliphatic rings. The summed E-state index contributed by atoms with van der Waals surface area (Å²) in [5, 5.41) is 0. The maximum Gasteiger partial charge on any atom is 0.0657 e. The molecule has 246 valence electrons. The zero-order chi connectivity index (χ0) is 33.3. The predicted octanol–water partition coefficient (Wildman–Crippen LogP) is 16.0. The van der Waals surface area contributed by atoms with Gasteiger partial charge in [0.15, 0.2) is 0 Å². The van der Waals surface area contributed by atoms with Crippen molar-refractivity contribution in [3.05, 3.63) is 155 Å². The van der Waals surface area contributed by atoms with E-state index < -0.39 is 0 Å². The minimum absolute atomic E-state index is 1.35. The summed E-state index contributed by atoms with van der Waals surface area (Å²) in [4.78, 5) is 10.8. The van der Waals surface area contributed by atoms with Gasteiger partial charge >= 0.3 is 0 Å². The zero-order valence-electron chi connectivity index (χ0n) is 26.1. The zero-order valence-corrected chi connectivity index (χ0v) is 35.9. The highest BCUT2D eigenvalue weighted by Gasteiger charge is 2.46. The molecule has 0 aromatic heterocycles. The lowest BCUT2D eigenvalue weighted by Gasteiger charge is -2.12. The topological polar surface area (TPSA) is 0 Å². The summed E-state index contributed by atoms with van der Waals surface area (Å²) in [6.45, 7) is 0. The van der Waals surface area contributed by atoms with Crippen molar-refractivity contribution in [1.82, 2.24) is 0 Å². The minimum atomic E-state index is 1.35. The second kappa shape index (κ2) is 14.3. The average Bonchev–Trinajstić information content (AvgIpc) is 3.99. The molecule has 0 unspecified atom stereocenters. The van der Waals surface area contributed by atoms with Crippen LogP contribution < -0.4 is 0 Å². The fraction of sp³-hybridized carbons (Fsp3) is 0.0526. The number of benzene rings is 4. The van der Waals surface area contributed by atoms with E-state index in [1.807, 2.05) is 141 Å². The third kappa shape index (κ3) is 5.95. The number of allylic oxidation sites excluding steroid dienone is 5. The second-order valence-corrected chi connectivity index (χ2v) is 25.0. The predicted molar refractivity (Wildman–Crippen MR) is 237 cm³/mol. The standard InChI is InChI=1S/C38H22S12/c1-39-37-38(40-2)50-36(49-37)31-29(34-45-23-15-7-8-16-24(23)46-34)27(32-41-19-11-3-4-12-20(19)42-32)28(33-43-21-13-5-6-14-22(21)44-33)30(31)35-47-25-17-9-10-18-26(25)48-35/h3-18H,1-2H3. The highest BCUT2D eigenvalue weighted by molar-refractivity contribution is 8.40. The van der Waals surface area contributed by atoms with Crippen LogP contribution in [0.5, 0.6) is 0 Å². The molecule has 0 bridgehead atoms. The van der Waals surface area contributed by atoms with Crippen LogP contribution in [0.15, 0.2) is 194 Å². The first-order valence-electron chi connectivity index (χ1n) is 15.4. The normalized spacial score (nSPS) is 19.5. The molecule has 4 aromatic carbocycles. The van der Waals surface area contributed by atoms with E-state index in [4.69, 9.17) is 0 Å². The SMILES string of the molecule is CSC1=C(SC)SC(=C2C(=C3Sc4ccccc4S3)C(=C3Sc4ccccc4S3)C(=C3Sc4ccccc4S3)C2=C2Sc3ccccc3S2)S1. The first kappa shape index (κ1) is 34.0. The summed E-state index contributed by atoms with van der Waals surface area (Å²) in [6.07, 6.45) is 4.46. The lowest BCUT2D eigenvalue weighted by molar-refractivity contribution is 1.27. The number of hydrogen-bond acceptors (Lipinski definition) is 12. The maximum absolute atomic E-state index is 2.29. The Balaban J connectivity index is 1.31. The molecule has 10 rings (SSSR count). The summed E-state index contributed by atoms with van der Waals surface area (Å²) in [5.41, 5.74) is 7.06. The van der Waals surface area contributed by atoms with Gasteiger partial charge in [-0.3, -0.25) is 0 Å². The molecule has 0 N–H and O–H groups in total. The molecule has 1 fully saturated rings. The molecule has 50 heavy (non-hydrogen) atoms. The number of fused-ring (bicyclic) bond motifs is 4. The van der Waals surface area contributed by atoms with Gasteiger partial charge in [-0.15, -0.1) is 23.5 Å².